The highest BCUT2D eigenvalue weighted by molar-refractivity contribution is 7.52. The number of aromatic nitrogens is 1. The van der Waals surface area contributed by atoms with Crippen molar-refractivity contribution in [1.29, 1.82) is 0 Å². The first-order valence-corrected chi connectivity index (χ1v) is 7.42. The van der Waals surface area contributed by atoms with Gasteiger partial charge in [-0.2, -0.15) is 0 Å². The fourth-order valence-corrected chi connectivity index (χ4v) is 2.23. The molecule has 0 fully saturated rings. The van der Waals surface area contributed by atoms with Crippen LogP contribution >= 0.6 is 7.60 Å². The lowest BCUT2D eigenvalue weighted by molar-refractivity contribution is 0.355. The lowest BCUT2D eigenvalue weighted by Gasteiger charge is -2.28. The number of nitrogens with zero attached hydrogens (tertiary/aromatic N) is 2. The third-order valence-corrected chi connectivity index (χ3v) is 4.04. The molecule has 0 spiro atoms. The zero-order chi connectivity index (χ0) is 13.9. The van der Waals surface area contributed by atoms with Gasteiger partial charge in [-0.1, -0.05) is 6.07 Å². The molecule has 0 amide bonds. The van der Waals surface area contributed by atoms with Gasteiger partial charge in [-0.25, -0.2) is 0 Å². The topological polar surface area (TPSA) is 86.8 Å². The van der Waals surface area contributed by atoms with E-state index in [1.807, 2.05) is 6.07 Å². The highest BCUT2D eigenvalue weighted by atomic mass is 31.2. The number of rotatable bonds is 5. The normalized spacial score (nSPS) is 13.2. The van der Waals surface area contributed by atoms with Crippen LogP contribution in [0.4, 0.5) is 5.88 Å². The molecule has 2 aromatic heterocycles. The molecule has 0 unspecified atom stereocenters. The van der Waals surface area contributed by atoms with Crippen LogP contribution in [-0.4, -0.2) is 20.6 Å². The zero-order valence-electron chi connectivity index (χ0n) is 10.4. The summed E-state index contributed by atoms with van der Waals surface area (Å²) in [6.07, 6.45) is 3.10. The van der Waals surface area contributed by atoms with Gasteiger partial charge >= 0.3 is 7.60 Å². The minimum absolute atomic E-state index is 0.265. The maximum Gasteiger partial charge on any atom is 0.347 e. The third-order valence-electron chi connectivity index (χ3n) is 2.79. The maximum atomic E-state index is 11.4. The monoisotopic (exact) mass is 282 g/mol. The molecule has 0 radical (unpaired) electrons. The summed E-state index contributed by atoms with van der Waals surface area (Å²) >= 11 is 0. The third kappa shape index (κ3) is 3.44. The Labute approximate surface area is 110 Å². The smallest absolute Gasteiger partial charge is 0.347 e. The predicted octanol–water partition coefficient (Wildman–Crippen LogP) is 2.20. The molecule has 2 rings (SSSR count). The summed E-state index contributed by atoms with van der Waals surface area (Å²) in [5, 5.41) is 0. The standard InChI is InChI=1S/C12H15N2O4P/c1-10(19(15,16)17)14(12-6-4-8-18-12)9-11-5-2-3-7-13-11/h2-8,10H,9H2,1H3,(H2,15,16,17)/t10-/m0/s1. The Morgan fingerprint density at radius 3 is 2.68 bits per heavy atom. The number of anilines is 1. The fourth-order valence-electron chi connectivity index (χ4n) is 1.68. The second kappa shape index (κ2) is 5.57. The van der Waals surface area contributed by atoms with Crippen LogP contribution in [0.15, 0.2) is 47.2 Å². The molecule has 0 bridgehead atoms. The fraction of sp³-hybridized carbons (Fsp3) is 0.250. The van der Waals surface area contributed by atoms with E-state index >= 15 is 0 Å². The van der Waals surface area contributed by atoms with Crippen LogP contribution in [0.25, 0.3) is 0 Å². The molecule has 7 heteroatoms. The first-order valence-electron chi connectivity index (χ1n) is 5.74. The Morgan fingerprint density at radius 2 is 2.16 bits per heavy atom. The highest BCUT2D eigenvalue weighted by Crippen LogP contribution is 2.44. The van der Waals surface area contributed by atoms with Crippen molar-refractivity contribution in [3.05, 3.63) is 48.5 Å². The van der Waals surface area contributed by atoms with Crippen LogP contribution in [-0.2, 0) is 11.1 Å². The van der Waals surface area contributed by atoms with Crippen molar-refractivity contribution in [3.63, 3.8) is 0 Å². The van der Waals surface area contributed by atoms with E-state index in [2.05, 4.69) is 4.98 Å². The van der Waals surface area contributed by atoms with E-state index in [0.29, 0.717) is 11.6 Å². The molecule has 2 aromatic rings. The molecule has 19 heavy (non-hydrogen) atoms. The van der Waals surface area contributed by atoms with Crippen LogP contribution in [0.3, 0.4) is 0 Å². The largest absolute Gasteiger partial charge is 0.449 e. The van der Waals surface area contributed by atoms with E-state index in [9.17, 15) is 14.4 Å². The van der Waals surface area contributed by atoms with Gasteiger partial charge in [0.2, 0.25) is 0 Å². The molecule has 0 saturated heterocycles. The van der Waals surface area contributed by atoms with Gasteiger partial charge in [0.1, 0.15) is 5.78 Å². The lowest BCUT2D eigenvalue weighted by atomic mass is 10.3. The molecule has 0 saturated carbocycles. The minimum Gasteiger partial charge on any atom is -0.449 e. The molecule has 0 aromatic carbocycles. The Balaban J connectivity index is 2.28. The number of hydrogen-bond acceptors (Lipinski definition) is 4. The minimum atomic E-state index is -4.25. The van der Waals surface area contributed by atoms with Gasteiger partial charge in [0, 0.05) is 12.3 Å². The van der Waals surface area contributed by atoms with Gasteiger partial charge in [0.25, 0.3) is 0 Å². The molecular formula is C12H15N2O4P. The van der Waals surface area contributed by atoms with E-state index in [1.165, 1.54) is 18.1 Å². The molecule has 2 N–H and O–H groups in total. The quantitative estimate of drug-likeness (QED) is 0.817. The van der Waals surface area contributed by atoms with E-state index in [-0.39, 0.29) is 6.54 Å². The number of hydrogen-bond donors (Lipinski definition) is 2. The Bertz CT molecular complexity index is 552. The van der Waals surface area contributed by atoms with E-state index in [4.69, 9.17) is 4.42 Å². The van der Waals surface area contributed by atoms with Crippen molar-refractivity contribution in [3.8, 4) is 0 Å². The van der Waals surface area contributed by atoms with Gasteiger partial charge in [0.05, 0.1) is 18.5 Å². The molecule has 1 atom stereocenters. The second-order valence-electron chi connectivity index (χ2n) is 4.12. The van der Waals surface area contributed by atoms with Crippen molar-refractivity contribution in [2.24, 2.45) is 0 Å². The lowest BCUT2D eigenvalue weighted by Crippen LogP contribution is -2.32. The van der Waals surface area contributed by atoms with Crippen LogP contribution in [0, 0.1) is 0 Å². The van der Waals surface area contributed by atoms with Crippen molar-refractivity contribution in [2.75, 3.05) is 4.90 Å². The van der Waals surface area contributed by atoms with Gasteiger partial charge in [-0.15, -0.1) is 0 Å². The molecule has 102 valence electrons. The average Bonchev–Trinajstić information content (AvgIpc) is 2.89. The number of pyridine rings is 1. The summed E-state index contributed by atoms with van der Waals surface area (Å²) in [5.74, 6) is -0.581. The van der Waals surface area contributed by atoms with Crippen LogP contribution in [0.2, 0.25) is 0 Å². The van der Waals surface area contributed by atoms with Gasteiger partial charge in [-0.3, -0.25) is 9.55 Å². The SMILES string of the molecule is C[C@@H](N(Cc1ccccn1)c1ccco1)P(=O)(O)O. The second-order valence-corrected chi connectivity index (χ2v) is 6.05. The van der Waals surface area contributed by atoms with Crippen LogP contribution < -0.4 is 4.90 Å². The zero-order valence-corrected chi connectivity index (χ0v) is 11.3. The summed E-state index contributed by atoms with van der Waals surface area (Å²) < 4.78 is 16.7. The summed E-state index contributed by atoms with van der Waals surface area (Å²) in [6.45, 7) is 1.73. The summed E-state index contributed by atoms with van der Waals surface area (Å²) in [7, 11) is -4.25. The van der Waals surface area contributed by atoms with Crippen molar-refractivity contribution < 1.29 is 18.8 Å². The predicted molar refractivity (Wildman–Crippen MR) is 70.6 cm³/mol. The Hall–Kier alpha value is -1.62. The number of furan rings is 1. The summed E-state index contributed by atoms with van der Waals surface area (Å²) in [6, 6.07) is 8.74. The first-order chi connectivity index (χ1) is 8.98. The molecule has 6 nitrogen and oxygen atoms in total. The molecule has 0 aliphatic carbocycles. The van der Waals surface area contributed by atoms with Crippen molar-refractivity contribution in [2.45, 2.75) is 19.3 Å². The molecule has 0 aliphatic heterocycles. The average molecular weight is 282 g/mol. The first kappa shape index (κ1) is 13.8. The highest BCUT2D eigenvalue weighted by Gasteiger charge is 2.31. The maximum absolute atomic E-state index is 11.4. The van der Waals surface area contributed by atoms with Gasteiger partial charge in [-0.05, 0) is 25.1 Å². The summed E-state index contributed by atoms with van der Waals surface area (Å²) in [5.41, 5.74) is 0.708. The van der Waals surface area contributed by atoms with Crippen LogP contribution in [0.5, 0.6) is 0 Å². The molecular weight excluding hydrogens is 267 g/mol. The Morgan fingerprint density at radius 1 is 1.37 bits per heavy atom. The van der Waals surface area contributed by atoms with E-state index in [0.717, 1.165) is 0 Å². The van der Waals surface area contributed by atoms with E-state index in [1.54, 1.807) is 30.5 Å². The Kier molecular flexibility index (Phi) is 4.04. The van der Waals surface area contributed by atoms with Gasteiger partial charge < -0.3 is 19.1 Å². The van der Waals surface area contributed by atoms with Crippen molar-refractivity contribution in [1.82, 2.24) is 4.98 Å². The van der Waals surface area contributed by atoms with E-state index < -0.39 is 13.4 Å². The molecule has 0 aliphatic rings. The van der Waals surface area contributed by atoms with Crippen LogP contribution in [0.1, 0.15) is 12.6 Å². The summed E-state index contributed by atoms with van der Waals surface area (Å²) in [4.78, 5) is 24.3. The van der Waals surface area contributed by atoms with Gasteiger partial charge in [0.15, 0.2) is 5.88 Å². The van der Waals surface area contributed by atoms with Crippen molar-refractivity contribution >= 4 is 13.5 Å². The molecule has 2 heterocycles.